The summed E-state index contributed by atoms with van der Waals surface area (Å²) in [4.78, 5) is 36.2. The minimum absolute atomic E-state index is 0.0216. The van der Waals surface area contributed by atoms with Crippen molar-refractivity contribution < 1.29 is 27.5 Å². The number of nitrogens with one attached hydrogen (secondary N) is 3. The number of imide groups is 1. The zero-order valence-corrected chi connectivity index (χ0v) is 17.5. The molecule has 1 atom stereocenters. The number of carbonyl (C=O) groups is 3. The van der Waals surface area contributed by atoms with Crippen molar-refractivity contribution in [2.75, 3.05) is 0 Å². The molecular formula is C19H27N3O6S. The van der Waals surface area contributed by atoms with E-state index >= 15 is 0 Å². The summed E-state index contributed by atoms with van der Waals surface area (Å²) in [7, 11) is -3.78. The molecule has 0 heterocycles. The SMILES string of the molecule is CC(C)NS(=O)(=O)c1cccc(C(=O)O[C@@H](C)C(=O)NC(=O)NC2CCCC2)c1. The van der Waals surface area contributed by atoms with Gasteiger partial charge in [0, 0.05) is 12.1 Å². The van der Waals surface area contributed by atoms with Crippen molar-refractivity contribution in [3.8, 4) is 0 Å². The van der Waals surface area contributed by atoms with Crippen LogP contribution in [0.4, 0.5) is 4.79 Å². The molecule has 0 spiro atoms. The van der Waals surface area contributed by atoms with Gasteiger partial charge < -0.3 is 10.1 Å². The maximum Gasteiger partial charge on any atom is 0.338 e. The van der Waals surface area contributed by atoms with Gasteiger partial charge in [0.05, 0.1) is 10.5 Å². The van der Waals surface area contributed by atoms with Gasteiger partial charge in [-0.2, -0.15) is 0 Å². The molecule has 10 heteroatoms. The fraction of sp³-hybridized carbons (Fsp3) is 0.526. The van der Waals surface area contributed by atoms with Crippen molar-refractivity contribution in [1.82, 2.24) is 15.4 Å². The monoisotopic (exact) mass is 425 g/mol. The first-order chi connectivity index (χ1) is 13.6. The second-order valence-electron chi connectivity index (χ2n) is 7.30. The molecule has 1 aromatic carbocycles. The standard InChI is InChI=1S/C19H27N3O6S/c1-12(2)22-29(26,27)16-10-6-7-14(11-16)18(24)28-13(3)17(23)21-19(25)20-15-8-4-5-9-15/h6-7,10-13,15,22H,4-5,8-9H2,1-3H3,(H2,20,21,23,25)/t13-/m0/s1. The maximum atomic E-state index is 12.3. The van der Waals surface area contributed by atoms with E-state index < -0.39 is 34.0 Å². The molecule has 1 saturated carbocycles. The number of esters is 1. The van der Waals surface area contributed by atoms with Crippen molar-refractivity contribution in [1.29, 1.82) is 0 Å². The Balaban J connectivity index is 1.95. The summed E-state index contributed by atoms with van der Waals surface area (Å²) in [5.74, 6) is -1.63. The van der Waals surface area contributed by atoms with E-state index in [4.69, 9.17) is 4.74 Å². The lowest BCUT2D eigenvalue weighted by atomic mass is 10.2. The minimum atomic E-state index is -3.78. The largest absolute Gasteiger partial charge is 0.449 e. The molecule has 1 fully saturated rings. The highest BCUT2D eigenvalue weighted by molar-refractivity contribution is 7.89. The molecule has 29 heavy (non-hydrogen) atoms. The Hall–Kier alpha value is -2.46. The topological polar surface area (TPSA) is 131 Å². The van der Waals surface area contributed by atoms with Crippen molar-refractivity contribution in [3.05, 3.63) is 29.8 Å². The normalized spacial score (nSPS) is 15.7. The van der Waals surface area contributed by atoms with E-state index in [0.717, 1.165) is 25.7 Å². The lowest BCUT2D eigenvalue weighted by molar-refractivity contribution is -0.127. The highest BCUT2D eigenvalue weighted by Crippen LogP contribution is 2.17. The van der Waals surface area contributed by atoms with Crippen LogP contribution in [0.2, 0.25) is 0 Å². The van der Waals surface area contributed by atoms with E-state index in [1.807, 2.05) is 0 Å². The number of urea groups is 1. The maximum absolute atomic E-state index is 12.3. The summed E-state index contributed by atoms with van der Waals surface area (Å²) in [6, 6.07) is 4.42. The summed E-state index contributed by atoms with van der Waals surface area (Å²) < 4.78 is 32.0. The van der Waals surface area contributed by atoms with Gasteiger partial charge >= 0.3 is 12.0 Å². The predicted octanol–water partition coefficient (Wildman–Crippen LogP) is 1.69. The second kappa shape index (κ2) is 9.84. The summed E-state index contributed by atoms with van der Waals surface area (Å²) in [6.45, 7) is 4.69. The fourth-order valence-electron chi connectivity index (χ4n) is 2.96. The van der Waals surface area contributed by atoms with Gasteiger partial charge in [-0.15, -0.1) is 0 Å². The van der Waals surface area contributed by atoms with Crippen LogP contribution in [-0.4, -0.2) is 44.5 Å². The number of amides is 3. The number of sulfonamides is 1. The van der Waals surface area contributed by atoms with Gasteiger partial charge in [-0.3, -0.25) is 10.1 Å². The van der Waals surface area contributed by atoms with Gasteiger partial charge in [0.25, 0.3) is 5.91 Å². The Morgan fingerprint density at radius 3 is 2.38 bits per heavy atom. The third-order valence-electron chi connectivity index (χ3n) is 4.35. The lowest BCUT2D eigenvalue weighted by Crippen LogP contribution is -2.47. The Morgan fingerprint density at radius 2 is 1.76 bits per heavy atom. The van der Waals surface area contributed by atoms with Crippen LogP contribution < -0.4 is 15.4 Å². The third kappa shape index (κ3) is 6.82. The molecule has 3 amide bonds. The summed E-state index contributed by atoms with van der Waals surface area (Å²) in [5, 5.41) is 4.85. The first-order valence-electron chi connectivity index (χ1n) is 9.53. The molecule has 0 unspecified atom stereocenters. The van der Waals surface area contributed by atoms with Crippen LogP contribution >= 0.6 is 0 Å². The van der Waals surface area contributed by atoms with Gasteiger partial charge in [0.2, 0.25) is 10.0 Å². The average molecular weight is 426 g/mol. The molecule has 0 bridgehead atoms. The molecule has 0 radical (unpaired) electrons. The number of hydrogen-bond acceptors (Lipinski definition) is 6. The van der Waals surface area contributed by atoms with E-state index in [-0.39, 0.29) is 22.5 Å². The van der Waals surface area contributed by atoms with Gasteiger partial charge in [-0.25, -0.2) is 22.7 Å². The number of rotatable bonds is 7. The van der Waals surface area contributed by atoms with E-state index in [1.165, 1.54) is 31.2 Å². The van der Waals surface area contributed by atoms with Crippen molar-refractivity contribution in [2.24, 2.45) is 0 Å². The molecule has 1 aromatic rings. The zero-order chi connectivity index (χ0) is 21.6. The van der Waals surface area contributed by atoms with Crippen LogP contribution in [-0.2, 0) is 19.6 Å². The van der Waals surface area contributed by atoms with Crippen LogP contribution in [0.1, 0.15) is 56.8 Å². The summed E-state index contributed by atoms with van der Waals surface area (Å²) in [6.07, 6.45) is 2.59. The van der Waals surface area contributed by atoms with Crippen LogP contribution in [0.15, 0.2) is 29.2 Å². The van der Waals surface area contributed by atoms with Gasteiger partial charge in [-0.1, -0.05) is 18.9 Å². The van der Waals surface area contributed by atoms with Gasteiger partial charge in [0.15, 0.2) is 6.10 Å². The first-order valence-corrected chi connectivity index (χ1v) is 11.0. The van der Waals surface area contributed by atoms with E-state index in [0.29, 0.717) is 0 Å². The molecule has 0 aromatic heterocycles. The number of ether oxygens (including phenoxy) is 1. The molecular weight excluding hydrogens is 398 g/mol. The number of carbonyl (C=O) groups excluding carboxylic acids is 3. The smallest absolute Gasteiger partial charge is 0.338 e. The highest BCUT2D eigenvalue weighted by atomic mass is 32.2. The number of hydrogen-bond donors (Lipinski definition) is 3. The quantitative estimate of drug-likeness (QED) is 0.570. The lowest BCUT2D eigenvalue weighted by Gasteiger charge is -2.16. The fourth-order valence-corrected chi connectivity index (χ4v) is 4.25. The van der Waals surface area contributed by atoms with E-state index in [1.54, 1.807) is 13.8 Å². The van der Waals surface area contributed by atoms with Crippen molar-refractivity contribution >= 4 is 27.9 Å². The Morgan fingerprint density at radius 1 is 1.10 bits per heavy atom. The number of benzene rings is 1. The van der Waals surface area contributed by atoms with Crippen LogP contribution in [0.3, 0.4) is 0 Å². The van der Waals surface area contributed by atoms with E-state index in [2.05, 4.69) is 15.4 Å². The Bertz CT molecular complexity index is 862. The summed E-state index contributed by atoms with van der Waals surface area (Å²) >= 11 is 0. The first kappa shape index (κ1) is 22.8. The molecule has 2 rings (SSSR count). The predicted molar refractivity (Wildman–Crippen MR) is 106 cm³/mol. The molecule has 160 valence electrons. The Kier molecular flexibility index (Phi) is 7.74. The van der Waals surface area contributed by atoms with Gasteiger partial charge in [-0.05, 0) is 51.8 Å². The zero-order valence-electron chi connectivity index (χ0n) is 16.7. The van der Waals surface area contributed by atoms with Crippen LogP contribution in [0, 0.1) is 0 Å². The van der Waals surface area contributed by atoms with E-state index in [9.17, 15) is 22.8 Å². The van der Waals surface area contributed by atoms with Crippen molar-refractivity contribution in [3.63, 3.8) is 0 Å². The molecule has 1 aliphatic carbocycles. The van der Waals surface area contributed by atoms with Crippen LogP contribution in [0.5, 0.6) is 0 Å². The molecule has 9 nitrogen and oxygen atoms in total. The summed E-state index contributed by atoms with van der Waals surface area (Å²) in [5.41, 5.74) is -0.0216. The minimum Gasteiger partial charge on any atom is -0.449 e. The third-order valence-corrected chi connectivity index (χ3v) is 6.01. The average Bonchev–Trinajstić information content (AvgIpc) is 3.13. The van der Waals surface area contributed by atoms with Crippen LogP contribution in [0.25, 0.3) is 0 Å². The van der Waals surface area contributed by atoms with Gasteiger partial charge in [0.1, 0.15) is 0 Å². The molecule has 1 aliphatic rings. The molecule has 3 N–H and O–H groups in total. The molecule has 0 aliphatic heterocycles. The van der Waals surface area contributed by atoms with Crippen molar-refractivity contribution in [2.45, 2.75) is 69.5 Å². The highest BCUT2D eigenvalue weighted by Gasteiger charge is 2.24. The molecule has 0 saturated heterocycles. The second-order valence-corrected chi connectivity index (χ2v) is 9.01. The Labute approximate surface area is 170 Å².